The van der Waals surface area contributed by atoms with E-state index in [0.717, 1.165) is 13.1 Å². The zero-order valence-corrected chi connectivity index (χ0v) is 5.50. The summed E-state index contributed by atoms with van der Waals surface area (Å²) in [6, 6.07) is 0. The Morgan fingerprint density at radius 1 is 1.78 bits per heavy atom. The predicted molar refractivity (Wildman–Crippen MR) is 35.5 cm³/mol. The number of rotatable bonds is 1. The van der Waals surface area contributed by atoms with E-state index in [1.165, 1.54) is 0 Å². The van der Waals surface area contributed by atoms with Gasteiger partial charge in [0.25, 0.3) is 5.91 Å². The molecule has 0 radical (unpaired) electrons. The summed E-state index contributed by atoms with van der Waals surface area (Å²) >= 11 is 0. The molecule has 0 aromatic rings. The fourth-order valence-corrected chi connectivity index (χ4v) is 0.984. The molecule has 0 unspecified atom stereocenters. The van der Waals surface area contributed by atoms with Gasteiger partial charge in [-0.25, -0.2) is 4.99 Å². The smallest absolute Gasteiger partial charge is 0.250 e. The SMILES string of the molecule is C=NC(=O)C1CN(C)C1. The highest BCUT2D eigenvalue weighted by molar-refractivity contribution is 5.84. The molecule has 1 heterocycles. The van der Waals surface area contributed by atoms with Crippen LogP contribution in [0.5, 0.6) is 0 Å². The lowest BCUT2D eigenvalue weighted by atomic mass is 10.0. The van der Waals surface area contributed by atoms with Crippen molar-refractivity contribution in [2.24, 2.45) is 10.9 Å². The van der Waals surface area contributed by atoms with Crippen LogP contribution in [-0.2, 0) is 4.79 Å². The molecule has 1 fully saturated rings. The summed E-state index contributed by atoms with van der Waals surface area (Å²) in [6.07, 6.45) is 0. The maximum absolute atomic E-state index is 10.7. The van der Waals surface area contributed by atoms with Gasteiger partial charge in [-0.05, 0) is 13.8 Å². The molecule has 0 saturated carbocycles. The van der Waals surface area contributed by atoms with Crippen molar-refractivity contribution in [2.45, 2.75) is 0 Å². The molecule has 0 aromatic carbocycles. The lowest BCUT2D eigenvalue weighted by molar-refractivity contribution is -0.125. The van der Waals surface area contributed by atoms with Crippen LogP contribution in [0.15, 0.2) is 4.99 Å². The zero-order chi connectivity index (χ0) is 6.85. The number of carbonyl (C=O) groups excluding carboxylic acids is 1. The van der Waals surface area contributed by atoms with Crippen LogP contribution < -0.4 is 0 Å². The van der Waals surface area contributed by atoms with Crippen LogP contribution >= 0.6 is 0 Å². The molecule has 1 aliphatic heterocycles. The van der Waals surface area contributed by atoms with Crippen LogP contribution in [0.1, 0.15) is 0 Å². The highest BCUT2D eigenvalue weighted by Gasteiger charge is 2.28. The van der Waals surface area contributed by atoms with Crippen molar-refractivity contribution >= 4 is 12.6 Å². The first-order valence-corrected chi connectivity index (χ1v) is 2.93. The van der Waals surface area contributed by atoms with Crippen molar-refractivity contribution in [1.29, 1.82) is 0 Å². The standard InChI is InChI=1S/C6H10N2O/c1-7-6(9)5-3-8(2)4-5/h5H,1,3-4H2,2H3. The molecule has 0 aromatic heterocycles. The Kier molecular flexibility index (Phi) is 1.62. The van der Waals surface area contributed by atoms with E-state index in [4.69, 9.17) is 0 Å². The first-order chi connectivity index (χ1) is 4.24. The van der Waals surface area contributed by atoms with Gasteiger partial charge in [0.2, 0.25) is 0 Å². The van der Waals surface area contributed by atoms with Gasteiger partial charge < -0.3 is 4.90 Å². The molecule has 0 bridgehead atoms. The van der Waals surface area contributed by atoms with Gasteiger partial charge in [-0.2, -0.15) is 0 Å². The molecule has 50 valence electrons. The van der Waals surface area contributed by atoms with E-state index in [-0.39, 0.29) is 11.8 Å². The first kappa shape index (κ1) is 6.42. The maximum Gasteiger partial charge on any atom is 0.250 e. The number of nitrogens with zero attached hydrogens (tertiary/aromatic N) is 2. The predicted octanol–water partition coefficient (Wildman–Crippen LogP) is -0.225. The third kappa shape index (κ3) is 1.16. The summed E-state index contributed by atoms with van der Waals surface area (Å²) in [6.45, 7) is 4.86. The van der Waals surface area contributed by atoms with Crippen LogP contribution in [0.3, 0.4) is 0 Å². The Hall–Kier alpha value is -0.700. The zero-order valence-electron chi connectivity index (χ0n) is 5.50. The molecular weight excluding hydrogens is 116 g/mol. The van der Waals surface area contributed by atoms with Gasteiger partial charge in [0, 0.05) is 13.1 Å². The third-order valence-electron chi connectivity index (χ3n) is 1.57. The Morgan fingerprint density at radius 3 is 2.67 bits per heavy atom. The Bertz CT molecular complexity index is 138. The van der Waals surface area contributed by atoms with E-state index in [0.29, 0.717) is 0 Å². The van der Waals surface area contributed by atoms with Crippen LogP contribution in [0.4, 0.5) is 0 Å². The van der Waals surface area contributed by atoms with E-state index >= 15 is 0 Å². The number of amides is 1. The minimum Gasteiger partial charge on any atom is -0.305 e. The number of likely N-dealkylation sites (tertiary alicyclic amines) is 1. The van der Waals surface area contributed by atoms with Crippen LogP contribution in [0, 0.1) is 5.92 Å². The van der Waals surface area contributed by atoms with Crippen LogP contribution in [0.2, 0.25) is 0 Å². The number of hydrogen-bond donors (Lipinski definition) is 0. The molecule has 0 N–H and O–H groups in total. The fraction of sp³-hybridized carbons (Fsp3) is 0.667. The highest BCUT2D eigenvalue weighted by atomic mass is 16.1. The average molecular weight is 126 g/mol. The van der Waals surface area contributed by atoms with Crippen molar-refractivity contribution < 1.29 is 4.79 Å². The second-order valence-electron chi connectivity index (χ2n) is 2.41. The molecule has 9 heavy (non-hydrogen) atoms. The van der Waals surface area contributed by atoms with E-state index < -0.39 is 0 Å². The van der Waals surface area contributed by atoms with Crippen molar-refractivity contribution in [3.63, 3.8) is 0 Å². The second kappa shape index (κ2) is 2.27. The molecule has 3 nitrogen and oxygen atoms in total. The van der Waals surface area contributed by atoms with Gasteiger partial charge in [0.1, 0.15) is 0 Å². The summed E-state index contributed by atoms with van der Waals surface area (Å²) in [7, 11) is 1.98. The minimum absolute atomic E-state index is 0.0619. The second-order valence-corrected chi connectivity index (χ2v) is 2.41. The summed E-state index contributed by atoms with van der Waals surface area (Å²) < 4.78 is 0. The molecular formula is C6H10N2O. The largest absolute Gasteiger partial charge is 0.305 e. The molecule has 1 amide bonds. The molecule has 0 spiro atoms. The highest BCUT2D eigenvalue weighted by Crippen LogP contribution is 2.13. The Morgan fingerprint density at radius 2 is 2.33 bits per heavy atom. The van der Waals surface area contributed by atoms with Gasteiger partial charge in [0.15, 0.2) is 0 Å². The van der Waals surface area contributed by atoms with Gasteiger partial charge in [-0.15, -0.1) is 0 Å². The quantitative estimate of drug-likeness (QED) is 0.455. The minimum atomic E-state index is -0.0619. The van der Waals surface area contributed by atoms with Gasteiger partial charge in [-0.3, -0.25) is 4.79 Å². The summed E-state index contributed by atoms with van der Waals surface area (Å²) in [5.74, 6) is 0.0700. The molecule has 3 heteroatoms. The molecule has 1 aliphatic rings. The topological polar surface area (TPSA) is 32.7 Å². The van der Waals surface area contributed by atoms with Gasteiger partial charge in [0.05, 0.1) is 5.92 Å². The van der Waals surface area contributed by atoms with Crippen molar-refractivity contribution in [1.82, 2.24) is 4.90 Å². The lowest BCUT2D eigenvalue weighted by Crippen LogP contribution is -2.47. The number of aliphatic imine (C=N–C) groups is 1. The van der Waals surface area contributed by atoms with Crippen molar-refractivity contribution in [3.05, 3.63) is 0 Å². The maximum atomic E-state index is 10.7. The first-order valence-electron chi connectivity index (χ1n) is 2.93. The monoisotopic (exact) mass is 126 g/mol. The van der Waals surface area contributed by atoms with Crippen LogP contribution in [-0.4, -0.2) is 37.7 Å². The molecule has 1 saturated heterocycles. The average Bonchev–Trinajstić information content (AvgIpc) is 1.79. The summed E-state index contributed by atoms with van der Waals surface area (Å²) in [5.41, 5.74) is 0. The van der Waals surface area contributed by atoms with Crippen molar-refractivity contribution in [3.8, 4) is 0 Å². The Balaban J connectivity index is 2.31. The molecule has 0 aliphatic carbocycles. The number of hydrogen-bond acceptors (Lipinski definition) is 2. The van der Waals surface area contributed by atoms with E-state index in [2.05, 4.69) is 16.6 Å². The van der Waals surface area contributed by atoms with Crippen LogP contribution in [0.25, 0.3) is 0 Å². The summed E-state index contributed by atoms with van der Waals surface area (Å²) in [4.78, 5) is 16.1. The van der Waals surface area contributed by atoms with Gasteiger partial charge >= 0.3 is 0 Å². The summed E-state index contributed by atoms with van der Waals surface area (Å²) in [5, 5.41) is 0. The fourth-order valence-electron chi connectivity index (χ4n) is 0.984. The number of carbonyl (C=O) groups is 1. The van der Waals surface area contributed by atoms with Gasteiger partial charge in [-0.1, -0.05) is 0 Å². The normalized spacial score (nSPS) is 21.0. The van der Waals surface area contributed by atoms with E-state index in [1.807, 2.05) is 7.05 Å². The van der Waals surface area contributed by atoms with E-state index in [1.54, 1.807) is 0 Å². The third-order valence-corrected chi connectivity index (χ3v) is 1.57. The Labute approximate surface area is 54.4 Å². The molecule has 0 atom stereocenters. The molecule has 1 rings (SSSR count). The van der Waals surface area contributed by atoms with E-state index in [9.17, 15) is 4.79 Å². The van der Waals surface area contributed by atoms with Crippen molar-refractivity contribution in [2.75, 3.05) is 20.1 Å². The lowest BCUT2D eigenvalue weighted by Gasteiger charge is -2.33.